The Morgan fingerprint density at radius 3 is 2.38 bits per heavy atom. The van der Waals surface area contributed by atoms with E-state index in [1.165, 1.54) is 0 Å². The number of ether oxygens (including phenoxy) is 1. The van der Waals surface area contributed by atoms with E-state index in [0.717, 1.165) is 0 Å². The molecular weight excluding hydrogens is 126 g/mol. The Hall–Kier alpha value is 0.230. The third-order valence-corrected chi connectivity index (χ3v) is 1.69. The number of hydrogen-bond donors (Lipinski definition) is 2. The first-order valence-electron chi connectivity index (χ1n) is 2.31. The van der Waals surface area contributed by atoms with Gasteiger partial charge in [-0.25, -0.2) is 0 Å². The van der Waals surface area contributed by atoms with Crippen molar-refractivity contribution in [1.82, 2.24) is 0 Å². The molecule has 3 N–H and O–H groups in total. The first kappa shape index (κ1) is 8.23. The molecule has 0 aromatic carbocycles. The van der Waals surface area contributed by atoms with E-state index in [1.807, 2.05) is 0 Å². The van der Waals surface area contributed by atoms with Crippen molar-refractivity contribution in [1.29, 1.82) is 0 Å². The second kappa shape index (κ2) is 3.29. The van der Waals surface area contributed by atoms with Crippen LogP contribution in [0, 0.1) is 0 Å². The highest BCUT2D eigenvalue weighted by Crippen LogP contribution is 2.26. The predicted molar refractivity (Wildman–Crippen MR) is 37.1 cm³/mol. The van der Waals surface area contributed by atoms with Crippen LogP contribution >= 0.6 is 10.5 Å². The molecule has 0 bridgehead atoms. The summed E-state index contributed by atoms with van der Waals surface area (Å²) in [6.45, 7) is 0.541. The average Bonchev–Trinajstić information content (AvgIpc) is 1.59. The Labute approximate surface area is 51.5 Å². The highest BCUT2D eigenvalue weighted by atomic mass is 32.3. The summed E-state index contributed by atoms with van der Waals surface area (Å²) in [7, 11) is -0.223. The first-order chi connectivity index (χ1) is 3.56. The maximum absolute atomic E-state index is 8.93. The summed E-state index contributed by atoms with van der Waals surface area (Å²) in [5.74, 6) is 0.559. The monoisotopic (exact) mass is 139 g/mol. The zero-order valence-corrected chi connectivity index (χ0v) is 6.07. The van der Waals surface area contributed by atoms with E-state index in [9.17, 15) is 0 Å². The van der Waals surface area contributed by atoms with Gasteiger partial charge in [0.1, 0.15) is 0 Å². The standard InChI is InChI=1S/C4H13NO2S/c1-7-3-4-8(2,5)6/h6H,3-5H2,1-2H3. The maximum atomic E-state index is 8.93. The molecule has 0 aliphatic heterocycles. The second-order valence-corrected chi connectivity index (χ2v) is 4.43. The number of hydrogen-bond acceptors (Lipinski definition) is 3. The van der Waals surface area contributed by atoms with Crippen LogP contribution in [0.5, 0.6) is 0 Å². The molecule has 52 valence electrons. The van der Waals surface area contributed by atoms with Gasteiger partial charge in [-0.3, -0.25) is 5.14 Å². The maximum Gasteiger partial charge on any atom is 0.0570 e. The molecule has 0 aromatic heterocycles. The van der Waals surface area contributed by atoms with Gasteiger partial charge in [0.2, 0.25) is 0 Å². The highest BCUT2D eigenvalue weighted by Gasteiger charge is 2.03. The van der Waals surface area contributed by atoms with Gasteiger partial charge < -0.3 is 9.29 Å². The second-order valence-electron chi connectivity index (χ2n) is 1.81. The van der Waals surface area contributed by atoms with Crippen LogP contribution in [0.15, 0.2) is 0 Å². The largest absolute Gasteiger partial charge is 0.384 e. The number of nitrogens with two attached hydrogens (primary N) is 1. The minimum Gasteiger partial charge on any atom is -0.384 e. The van der Waals surface area contributed by atoms with Crippen molar-refractivity contribution in [2.75, 3.05) is 25.7 Å². The Morgan fingerprint density at radius 2 is 2.25 bits per heavy atom. The predicted octanol–water partition coefficient (Wildman–Crippen LogP) is 0.414. The van der Waals surface area contributed by atoms with Crippen LogP contribution in [0.25, 0.3) is 0 Å². The SMILES string of the molecule is COCCS(C)(N)O. The van der Waals surface area contributed by atoms with Crippen LogP contribution < -0.4 is 5.14 Å². The van der Waals surface area contributed by atoms with Crippen LogP contribution in [0.4, 0.5) is 0 Å². The fourth-order valence-electron chi connectivity index (χ4n) is 0.252. The van der Waals surface area contributed by atoms with Crippen LogP contribution in [0.2, 0.25) is 0 Å². The van der Waals surface area contributed by atoms with Gasteiger partial charge in [-0.2, -0.15) is 0 Å². The number of rotatable bonds is 3. The molecule has 0 fully saturated rings. The lowest BCUT2D eigenvalue weighted by atomic mass is 10.9. The van der Waals surface area contributed by atoms with Crippen molar-refractivity contribution in [3.05, 3.63) is 0 Å². The smallest absolute Gasteiger partial charge is 0.0570 e. The zero-order valence-electron chi connectivity index (χ0n) is 5.26. The molecule has 0 aliphatic rings. The van der Waals surface area contributed by atoms with Crippen LogP contribution in [0.3, 0.4) is 0 Å². The minimum atomic E-state index is -1.81. The molecule has 0 aliphatic carbocycles. The van der Waals surface area contributed by atoms with Crippen molar-refractivity contribution in [2.24, 2.45) is 5.14 Å². The fourth-order valence-corrected chi connectivity index (χ4v) is 0.756. The summed E-state index contributed by atoms with van der Waals surface area (Å²) >= 11 is 0. The van der Waals surface area contributed by atoms with Crippen molar-refractivity contribution < 1.29 is 9.29 Å². The Balaban J connectivity index is 3.11. The normalized spacial score (nSPS) is 22.0. The average molecular weight is 139 g/mol. The lowest BCUT2D eigenvalue weighted by molar-refractivity contribution is 0.217. The van der Waals surface area contributed by atoms with E-state index in [0.29, 0.717) is 12.4 Å². The van der Waals surface area contributed by atoms with Gasteiger partial charge in [-0.1, -0.05) is 10.5 Å². The van der Waals surface area contributed by atoms with Crippen molar-refractivity contribution in [3.63, 3.8) is 0 Å². The van der Waals surface area contributed by atoms with E-state index in [1.54, 1.807) is 13.4 Å². The van der Waals surface area contributed by atoms with E-state index >= 15 is 0 Å². The molecule has 3 nitrogen and oxygen atoms in total. The highest BCUT2D eigenvalue weighted by molar-refractivity contribution is 8.26. The summed E-state index contributed by atoms with van der Waals surface area (Å²) in [5, 5.41) is 5.28. The molecule has 4 heteroatoms. The topological polar surface area (TPSA) is 55.5 Å². The van der Waals surface area contributed by atoms with Crippen LogP contribution in [-0.4, -0.2) is 30.3 Å². The van der Waals surface area contributed by atoms with E-state index in [2.05, 4.69) is 0 Å². The van der Waals surface area contributed by atoms with Gasteiger partial charge in [0.15, 0.2) is 0 Å². The van der Waals surface area contributed by atoms with Crippen LogP contribution in [0.1, 0.15) is 0 Å². The molecule has 0 heterocycles. The minimum absolute atomic E-state index is 0.541. The molecule has 0 rings (SSSR count). The van der Waals surface area contributed by atoms with Crippen molar-refractivity contribution in [2.45, 2.75) is 0 Å². The van der Waals surface area contributed by atoms with E-state index in [4.69, 9.17) is 14.4 Å². The van der Waals surface area contributed by atoms with Crippen molar-refractivity contribution in [3.8, 4) is 0 Å². The number of methoxy groups -OCH3 is 1. The lowest BCUT2D eigenvalue weighted by Crippen LogP contribution is -2.14. The van der Waals surface area contributed by atoms with Gasteiger partial charge in [-0.05, 0) is 6.26 Å². The Morgan fingerprint density at radius 1 is 1.75 bits per heavy atom. The molecule has 0 amide bonds. The van der Waals surface area contributed by atoms with E-state index in [-0.39, 0.29) is 0 Å². The summed E-state index contributed by atoms with van der Waals surface area (Å²) in [6, 6.07) is 0. The zero-order chi connectivity index (χ0) is 6.62. The lowest BCUT2D eigenvalue weighted by Gasteiger charge is -2.21. The Bertz CT molecular complexity index is 61.5. The molecule has 0 aromatic rings. The Kier molecular flexibility index (Phi) is 3.39. The first-order valence-corrected chi connectivity index (χ1v) is 4.54. The van der Waals surface area contributed by atoms with Gasteiger partial charge in [0.25, 0.3) is 0 Å². The third-order valence-electron chi connectivity index (χ3n) is 0.701. The van der Waals surface area contributed by atoms with Gasteiger partial charge in [0, 0.05) is 12.9 Å². The quantitative estimate of drug-likeness (QED) is 0.595. The van der Waals surface area contributed by atoms with Crippen LogP contribution in [-0.2, 0) is 4.74 Å². The summed E-state index contributed by atoms with van der Waals surface area (Å²) in [5.41, 5.74) is 0. The summed E-state index contributed by atoms with van der Waals surface area (Å²) in [6.07, 6.45) is 1.63. The molecule has 0 spiro atoms. The summed E-state index contributed by atoms with van der Waals surface area (Å²) < 4.78 is 13.6. The van der Waals surface area contributed by atoms with E-state index < -0.39 is 10.5 Å². The molecule has 0 saturated carbocycles. The molecule has 8 heavy (non-hydrogen) atoms. The van der Waals surface area contributed by atoms with Gasteiger partial charge in [-0.15, -0.1) is 0 Å². The molecule has 1 atom stereocenters. The van der Waals surface area contributed by atoms with Gasteiger partial charge >= 0.3 is 0 Å². The molecular formula is C4H13NO2S. The molecule has 1 unspecified atom stereocenters. The molecule has 0 saturated heterocycles. The third kappa shape index (κ3) is 6.23. The fraction of sp³-hybridized carbons (Fsp3) is 1.00. The van der Waals surface area contributed by atoms with Gasteiger partial charge in [0.05, 0.1) is 6.61 Å². The molecule has 0 radical (unpaired) electrons. The van der Waals surface area contributed by atoms with Crippen molar-refractivity contribution >= 4 is 10.5 Å². The summed E-state index contributed by atoms with van der Waals surface area (Å²) in [4.78, 5) is 0.